The first-order valence-electron chi connectivity index (χ1n) is 8.55. The quantitative estimate of drug-likeness (QED) is 0.639. The molecule has 2 aromatic heterocycles. The molecule has 0 aliphatic heterocycles. The molecule has 2 heterocycles. The van der Waals surface area contributed by atoms with Crippen LogP contribution in [0, 0.1) is 5.92 Å². The second-order valence-electron chi connectivity index (χ2n) is 5.52. The number of hydrogen-bond acceptors (Lipinski definition) is 10. The van der Waals surface area contributed by atoms with E-state index in [0.717, 1.165) is 0 Å². The highest BCUT2D eigenvalue weighted by atomic mass is 16.7. The molecule has 0 aromatic carbocycles. The summed E-state index contributed by atoms with van der Waals surface area (Å²) >= 11 is 0. The zero-order chi connectivity index (χ0) is 19.6. The second-order valence-corrected chi connectivity index (χ2v) is 5.52. The highest BCUT2D eigenvalue weighted by Crippen LogP contribution is 2.14. The maximum absolute atomic E-state index is 11.4. The summed E-state index contributed by atoms with van der Waals surface area (Å²) in [4.78, 5) is 35.1. The first-order valence-corrected chi connectivity index (χ1v) is 8.55. The molecule has 0 bridgehead atoms. The van der Waals surface area contributed by atoms with Crippen molar-refractivity contribution >= 4 is 29.4 Å². The summed E-state index contributed by atoms with van der Waals surface area (Å²) in [6.07, 6.45) is 2.14. The Morgan fingerprint density at radius 2 is 1.70 bits per heavy atom. The van der Waals surface area contributed by atoms with E-state index in [1.54, 1.807) is 30.9 Å². The highest BCUT2D eigenvalue weighted by Gasteiger charge is 2.17. The lowest BCUT2D eigenvalue weighted by Crippen LogP contribution is -2.23. The number of imidazole rings is 1. The first-order chi connectivity index (χ1) is 13.0. The van der Waals surface area contributed by atoms with Gasteiger partial charge in [0.15, 0.2) is 5.65 Å². The van der Waals surface area contributed by atoms with Gasteiger partial charge in [0.1, 0.15) is 18.7 Å². The molecule has 0 atom stereocenters. The predicted octanol–water partition coefficient (Wildman–Crippen LogP) is 1.76. The molecule has 0 aliphatic carbocycles. The number of hydrogen-bond donors (Lipinski definition) is 1. The maximum atomic E-state index is 11.4. The number of aromatic nitrogens is 4. The Labute approximate surface area is 155 Å². The average molecular weight is 381 g/mol. The number of nitrogens with two attached hydrogens (primary N) is 1. The number of carbonyl (C=O) groups is 2. The van der Waals surface area contributed by atoms with Gasteiger partial charge < -0.3 is 29.2 Å². The molecule has 0 aliphatic rings. The van der Waals surface area contributed by atoms with Crippen molar-refractivity contribution in [1.82, 2.24) is 19.5 Å². The van der Waals surface area contributed by atoms with E-state index in [4.69, 9.17) is 24.7 Å². The van der Waals surface area contributed by atoms with Crippen molar-refractivity contribution in [3.63, 3.8) is 0 Å². The molecule has 0 amide bonds. The molecule has 148 valence electrons. The summed E-state index contributed by atoms with van der Waals surface area (Å²) in [6.45, 7) is 4.34. The summed E-state index contributed by atoms with van der Waals surface area (Å²) < 4.78 is 21.4. The van der Waals surface area contributed by atoms with Crippen LogP contribution in [0.25, 0.3) is 11.2 Å². The molecule has 2 rings (SSSR count). The van der Waals surface area contributed by atoms with Crippen LogP contribution in [-0.4, -0.2) is 58.3 Å². The summed E-state index contributed by atoms with van der Waals surface area (Å²) in [6, 6.07) is 0. The summed E-state index contributed by atoms with van der Waals surface area (Å²) in [5, 5.41) is 0. The Morgan fingerprint density at radius 3 is 2.30 bits per heavy atom. The van der Waals surface area contributed by atoms with Crippen LogP contribution in [0.15, 0.2) is 12.5 Å². The summed E-state index contributed by atoms with van der Waals surface area (Å²) in [7, 11) is 0. The van der Waals surface area contributed by atoms with Crippen molar-refractivity contribution < 1.29 is 28.5 Å². The van der Waals surface area contributed by atoms with Gasteiger partial charge in [0.2, 0.25) is 5.95 Å². The number of rotatable bonds is 9. The van der Waals surface area contributed by atoms with Gasteiger partial charge in [0, 0.05) is 12.5 Å². The van der Waals surface area contributed by atoms with Crippen LogP contribution in [0.5, 0.6) is 0 Å². The topological polar surface area (TPSA) is 141 Å². The lowest BCUT2D eigenvalue weighted by atomic mass is 10.1. The lowest BCUT2D eigenvalue weighted by Gasteiger charge is -2.17. The SMILES string of the molecule is CCOC(=O)OCC(CCn1cnc2cnc(N)nc21)COC(=O)OCC. The number of anilines is 1. The van der Waals surface area contributed by atoms with Crippen LogP contribution in [-0.2, 0) is 25.5 Å². The number of nitrogen functional groups attached to an aromatic ring is 1. The fourth-order valence-electron chi connectivity index (χ4n) is 2.26. The number of carbonyl (C=O) groups excluding carboxylic acids is 2. The van der Waals surface area contributed by atoms with Gasteiger partial charge in [-0.2, -0.15) is 4.98 Å². The predicted molar refractivity (Wildman–Crippen MR) is 93.8 cm³/mol. The zero-order valence-corrected chi connectivity index (χ0v) is 15.3. The molecule has 0 spiro atoms. The standard InChI is InChI=1S/C16H23N5O6/c1-3-24-15(22)26-8-11(9-27-16(23)25-4-2)5-6-21-10-19-12-7-18-14(17)20-13(12)21/h7,10-11H,3-6,8-9H2,1-2H3,(H2,17,18,20). The molecule has 0 unspecified atom stereocenters. The molecule has 0 radical (unpaired) electrons. The van der Waals surface area contributed by atoms with Crippen LogP contribution >= 0.6 is 0 Å². The minimum Gasteiger partial charge on any atom is -0.435 e. The van der Waals surface area contributed by atoms with Gasteiger partial charge in [-0.25, -0.2) is 19.6 Å². The molecule has 11 heteroatoms. The van der Waals surface area contributed by atoms with E-state index >= 15 is 0 Å². The van der Waals surface area contributed by atoms with Crippen LogP contribution < -0.4 is 5.73 Å². The third-order valence-corrected chi connectivity index (χ3v) is 3.55. The molecular weight excluding hydrogens is 358 g/mol. The molecule has 0 saturated carbocycles. The molecular formula is C16H23N5O6. The van der Waals surface area contributed by atoms with Crippen LogP contribution in [0.3, 0.4) is 0 Å². The number of fused-ring (bicyclic) bond motifs is 1. The molecule has 0 fully saturated rings. The Hall–Kier alpha value is -3.11. The van der Waals surface area contributed by atoms with Gasteiger partial charge in [-0.3, -0.25) is 0 Å². The molecule has 27 heavy (non-hydrogen) atoms. The van der Waals surface area contributed by atoms with Crippen LogP contribution in [0.2, 0.25) is 0 Å². The van der Waals surface area contributed by atoms with E-state index in [9.17, 15) is 9.59 Å². The third kappa shape index (κ3) is 6.28. The van der Waals surface area contributed by atoms with Crippen molar-refractivity contribution in [2.24, 2.45) is 5.92 Å². The van der Waals surface area contributed by atoms with Crippen molar-refractivity contribution in [1.29, 1.82) is 0 Å². The normalized spacial score (nSPS) is 10.8. The molecule has 2 N–H and O–H groups in total. The largest absolute Gasteiger partial charge is 0.508 e. The van der Waals surface area contributed by atoms with E-state index < -0.39 is 12.3 Å². The van der Waals surface area contributed by atoms with E-state index in [1.165, 1.54) is 0 Å². The first kappa shape index (κ1) is 20.2. The Bertz CT molecular complexity index is 743. The van der Waals surface area contributed by atoms with Crippen LogP contribution in [0.1, 0.15) is 20.3 Å². The van der Waals surface area contributed by atoms with Crippen molar-refractivity contribution in [2.75, 3.05) is 32.2 Å². The van der Waals surface area contributed by atoms with E-state index in [-0.39, 0.29) is 38.3 Å². The van der Waals surface area contributed by atoms with Crippen molar-refractivity contribution in [2.45, 2.75) is 26.8 Å². The van der Waals surface area contributed by atoms with Gasteiger partial charge in [0.05, 0.1) is 25.7 Å². The van der Waals surface area contributed by atoms with Crippen molar-refractivity contribution in [3.8, 4) is 0 Å². The monoisotopic (exact) mass is 381 g/mol. The molecule has 11 nitrogen and oxygen atoms in total. The van der Waals surface area contributed by atoms with E-state index in [2.05, 4.69) is 15.0 Å². The van der Waals surface area contributed by atoms with Gasteiger partial charge in [-0.05, 0) is 20.3 Å². The van der Waals surface area contributed by atoms with Crippen molar-refractivity contribution in [3.05, 3.63) is 12.5 Å². The van der Waals surface area contributed by atoms with Gasteiger partial charge in [0.25, 0.3) is 0 Å². The Balaban J connectivity index is 1.97. The van der Waals surface area contributed by atoms with Gasteiger partial charge in [-0.15, -0.1) is 0 Å². The Kier molecular flexibility index (Phi) is 7.59. The molecule has 2 aromatic rings. The van der Waals surface area contributed by atoms with Gasteiger partial charge in [-0.1, -0.05) is 0 Å². The third-order valence-electron chi connectivity index (χ3n) is 3.55. The number of aryl methyl sites for hydroxylation is 1. The highest BCUT2D eigenvalue weighted by molar-refractivity contribution is 5.70. The van der Waals surface area contributed by atoms with Gasteiger partial charge >= 0.3 is 12.3 Å². The Morgan fingerprint density at radius 1 is 1.07 bits per heavy atom. The average Bonchev–Trinajstić information content (AvgIpc) is 3.03. The minimum absolute atomic E-state index is 0.0298. The lowest BCUT2D eigenvalue weighted by molar-refractivity contribution is 0.0176. The fraction of sp³-hybridized carbons (Fsp3) is 0.562. The second kappa shape index (κ2) is 10.1. The summed E-state index contributed by atoms with van der Waals surface area (Å²) in [5.74, 6) is -0.118. The number of nitrogens with zero attached hydrogens (tertiary/aromatic N) is 4. The minimum atomic E-state index is -0.771. The number of ether oxygens (including phenoxy) is 4. The maximum Gasteiger partial charge on any atom is 0.508 e. The fourth-order valence-corrected chi connectivity index (χ4v) is 2.26. The zero-order valence-electron chi connectivity index (χ0n) is 15.3. The van der Waals surface area contributed by atoms with E-state index in [0.29, 0.717) is 24.1 Å². The van der Waals surface area contributed by atoms with Crippen LogP contribution in [0.4, 0.5) is 15.5 Å². The van der Waals surface area contributed by atoms with E-state index in [1.807, 2.05) is 0 Å². The molecule has 0 saturated heterocycles. The summed E-state index contributed by atoms with van der Waals surface area (Å²) in [5.41, 5.74) is 6.83. The smallest absolute Gasteiger partial charge is 0.435 e.